The molecule has 0 spiro atoms. The Hall–Kier alpha value is -2.07. The van der Waals surface area contributed by atoms with Gasteiger partial charge in [-0.15, -0.1) is 5.10 Å². The van der Waals surface area contributed by atoms with Gasteiger partial charge in [-0.3, -0.25) is 0 Å². The van der Waals surface area contributed by atoms with Crippen molar-refractivity contribution in [3.8, 4) is 0 Å². The molecule has 0 aliphatic carbocycles. The largest absolute Gasteiger partial charge is 0.350 e. The summed E-state index contributed by atoms with van der Waals surface area (Å²) in [6, 6.07) is 13.2. The normalized spacial score (nSPS) is 10.9. The Morgan fingerprint density at radius 1 is 1.11 bits per heavy atom. The zero-order chi connectivity index (χ0) is 12.5. The minimum absolute atomic E-state index is 0.184. The third-order valence-corrected chi connectivity index (χ3v) is 3.03. The molecule has 0 amide bonds. The fraction of sp³-hybridized carbons (Fsp3) is 0.0769. The fourth-order valence-corrected chi connectivity index (χ4v) is 2.07. The van der Waals surface area contributed by atoms with Crippen LogP contribution in [0.15, 0.2) is 53.5 Å². The van der Waals surface area contributed by atoms with Crippen LogP contribution in [0.2, 0.25) is 5.02 Å². The van der Waals surface area contributed by atoms with Gasteiger partial charge >= 0.3 is 5.69 Å². The smallest absolute Gasteiger partial charge is 0.249 e. The van der Waals surface area contributed by atoms with Gasteiger partial charge in [0.05, 0.1) is 11.6 Å². The molecular formula is C13H10ClN3O. The van der Waals surface area contributed by atoms with Crippen LogP contribution in [0.4, 0.5) is 0 Å². The molecule has 2 aromatic heterocycles. The molecule has 4 nitrogen and oxygen atoms in total. The lowest BCUT2D eigenvalue weighted by atomic mass is 10.2. The van der Waals surface area contributed by atoms with E-state index >= 15 is 0 Å². The van der Waals surface area contributed by atoms with Crippen LogP contribution in [0.3, 0.4) is 0 Å². The molecule has 0 radical (unpaired) electrons. The van der Waals surface area contributed by atoms with E-state index in [2.05, 4.69) is 5.10 Å². The minimum Gasteiger partial charge on any atom is -0.249 e. The van der Waals surface area contributed by atoms with Crippen LogP contribution in [-0.2, 0) is 6.54 Å². The van der Waals surface area contributed by atoms with Gasteiger partial charge in [0.15, 0.2) is 5.65 Å². The zero-order valence-electron chi connectivity index (χ0n) is 9.45. The van der Waals surface area contributed by atoms with E-state index < -0.39 is 0 Å². The molecule has 0 unspecified atom stereocenters. The van der Waals surface area contributed by atoms with E-state index in [1.165, 1.54) is 9.08 Å². The SMILES string of the molecule is O=c1n(Cc2ccccc2)nc2c(Cl)cccn12. The van der Waals surface area contributed by atoms with Crippen molar-refractivity contribution >= 4 is 17.2 Å². The second-order valence-corrected chi connectivity index (χ2v) is 4.38. The highest BCUT2D eigenvalue weighted by Gasteiger charge is 2.09. The standard InChI is InChI=1S/C13H10ClN3O/c14-11-7-4-8-16-12(11)15-17(13(16)18)9-10-5-2-1-3-6-10/h1-8H,9H2. The van der Waals surface area contributed by atoms with Crippen LogP contribution in [0, 0.1) is 0 Å². The number of halogens is 1. The lowest BCUT2D eigenvalue weighted by molar-refractivity contribution is 0.659. The number of pyridine rings is 1. The first-order valence-corrected chi connectivity index (χ1v) is 5.91. The molecule has 3 aromatic rings. The molecule has 18 heavy (non-hydrogen) atoms. The summed E-state index contributed by atoms with van der Waals surface area (Å²) in [6.45, 7) is 0.442. The molecule has 3 rings (SSSR count). The summed E-state index contributed by atoms with van der Waals surface area (Å²) in [6.07, 6.45) is 1.66. The maximum atomic E-state index is 12.1. The fourth-order valence-electron chi connectivity index (χ4n) is 1.86. The van der Waals surface area contributed by atoms with Crippen molar-refractivity contribution in [1.82, 2.24) is 14.2 Å². The second-order valence-electron chi connectivity index (χ2n) is 3.98. The van der Waals surface area contributed by atoms with Crippen molar-refractivity contribution in [2.75, 3.05) is 0 Å². The van der Waals surface area contributed by atoms with E-state index in [0.29, 0.717) is 17.2 Å². The van der Waals surface area contributed by atoms with Gasteiger partial charge in [0.25, 0.3) is 0 Å². The van der Waals surface area contributed by atoms with Crippen molar-refractivity contribution in [1.29, 1.82) is 0 Å². The van der Waals surface area contributed by atoms with E-state index in [1.807, 2.05) is 30.3 Å². The summed E-state index contributed by atoms with van der Waals surface area (Å²) < 4.78 is 2.86. The van der Waals surface area contributed by atoms with Crippen LogP contribution < -0.4 is 5.69 Å². The van der Waals surface area contributed by atoms with Crippen molar-refractivity contribution in [2.24, 2.45) is 0 Å². The van der Waals surface area contributed by atoms with Gasteiger partial charge in [-0.05, 0) is 17.7 Å². The summed E-state index contributed by atoms with van der Waals surface area (Å²) in [5.74, 6) is 0. The summed E-state index contributed by atoms with van der Waals surface area (Å²) >= 11 is 6.01. The number of aromatic nitrogens is 3. The van der Waals surface area contributed by atoms with E-state index in [1.54, 1.807) is 18.3 Å². The third-order valence-electron chi connectivity index (χ3n) is 2.74. The Labute approximate surface area is 108 Å². The highest BCUT2D eigenvalue weighted by atomic mass is 35.5. The first-order valence-electron chi connectivity index (χ1n) is 5.53. The minimum atomic E-state index is -0.184. The summed E-state index contributed by atoms with van der Waals surface area (Å²) in [5, 5.41) is 4.72. The van der Waals surface area contributed by atoms with Crippen LogP contribution in [0.1, 0.15) is 5.56 Å². The van der Waals surface area contributed by atoms with Gasteiger partial charge in [-0.2, -0.15) is 0 Å². The molecule has 5 heteroatoms. The number of fused-ring (bicyclic) bond motifs is 1. The average molecular weight is 260 g/mol. The van der Waals surface area contributed by atoms with Crippen molar-refractivity contribution < 1.29 is 0 Å². The predicted octanol–water partition coefficient (Wildman–Crippen LogP) is 2.20. The Morgan fingerprint density at radius 3 is 2.61 bits per heavy atom. The summed E-state index contributed by atoms with van der Waals surface area (Å²) in [7, 11) is 0. The lowest BCUT2D eigenvalue weighted by Gasteiger charge is -1.98. The average Bonchev–Trinajstić information content (AvgIpc) is 2.70. The molecule has 0 N–H and O–H groups in total. The number of benzene rings is 1. The number of rotatable bonds is 2. The van der Waals surface area contributed by atoms with Crippen molar-refractivity contribution in [3.63, 3.8) is 0 Å². The van der Waals surface area contributed by atoms with Crippen LogP contribution in [-0.4, -0.2) is 14.2 Å². The molecule has 2 heterocycles. The molecule has 0 saturated heterocycles. The van der Waals surface area contributed by atoms with Gasteiger partial charge in [0.2, 0.25) is 0 Å². The summed E-state index contributed by atoms with van der Waals surface area (Å²) in [5.41, 5.74) is 1.33. The van der Waals surface area contributed by atoms with Crippen molar-refractivity contribution in [2.45, 2.75) is 6.54 Å². The maximum absolute atomic E-state index is 12.1. The van der Waals surface area contributed by atoms with Gasteiger partial charge < -0.3 is 0 Å². The van der Waals surface area contributed by atoms with E-state index in [4.69, 9.17) is 11.6 Å². The molecule has 90 valence electrons. The number of hydrogen-bond acceptors (Lipinski definition) is 2. The molecule has 0 saturated carbocycles. The quantitative estimate of drug-likeness (QED) is 0.708. The summed E-state index contributed by atoms with van der Waals surface area (Å²) in [4.78, 5) is 12.1. The highest BCUT2D eigenvalue weighted by molar-refractivity contribution is 6.33. The highest BCUT2D eigenvalue weighted by Crippen LogP contribution is 2.12. The molecule has 0 bridgehead atoms. The third kappa shape index (κ3) is 1.80. The number of nitrogens with zero attached hydrogens (tertiary/aromatic N) is 3. The van der Waals surface area contributed by atoms with Crippen LogP contribution >= 0.6 is 11.6 Å². The monoisotopic (exact) mass is 259 g/mol. The first-order chi connectivity index (χ1) is 8.75. The van der Waals surface area contributed by atoms with E-state index in [9.17, 15) is 4.79 Å². The first kappa shape index (κ1) is 11.0. The Balaban J connectivity index is 2.11. The maximum Gasteiger partial charge on any atom is 0.350 e. The van der Waals surface area contributed by atoms with Gasteiger partial charge in [0.1, 0.15) is 0 Å². The Morgan fingerprint density at radius 2 is 1.89 bits per heavy atom. The predicted molar refractivity (Wildman–Crippen MR) is 70.0 cm³/mol. The van der Waals surface area contributed by atoms with Gasteiger partial charge in [-0.25, -0.2) is 13.9 Å². The molecule has 1 aromatic carbocycles. The Bertz CT molecular complexity index is 746. The molecule has 0 atom stereocenters. The van der Waals surface area contributed by atoms with E-state index in [-0.39, 0.29) is 5.69 Å². The van der Waals surface area contributed by atoms with E-state index in [0.717, 1.165) is 5.56 Å². The molecule has 0 aliphatic heterocycles. The molecular weight excluding hydrogens is 250 g/mol. The lowest BCUT2D eigenvalue weighted by Crippen LogP contribution is -2.21. The van der Waals surface area contributed by atoms with Gasteiger partial charge in [-0.1, -0.05) is 41.9 Å². The van der Waals surface area contributed by atoms with Crippen molar-refractivity contribution in [3.05, 3.63) is 69.7 Å². The van der Waals surface area contributed by atoms with Gasteiger partial charge in [0, 0.05) is 6.20 Å². The topological polar surface area (TPSA) is 39.3 Å². The zero-order valence-corrected chi connectivity index (χ0v) is 10.2. The second kappa shape index (κ2) is 4.31. The number of hydrogen-bond donors (Lipinski definition) is 0. The Kier molecular flexibility index (Phi) is 2.64. The van der Waals surface area contributed by atoms with Crippen LogP contribution in [0.5, 0.6) is 0 Å². The molecule has 0 aliphatic rings. The molecule has 0 fully saturated rings. The van der Waals surface area contributed by atoms with Crippen LogP contribution in [0.25, 0.3) is 5.65 Å².